The molecule has 0 radical (unpaired) electrons. The quantitative estimate of drug-likeness (QED) is 0.246. The molecule has 2 nitrogen and oxygen atoms in total. The van der Waals surface area contributed by atoms with Crippen molar-refractivity contribution < 1.29 is 4.74 Å². The smallest absolute Gasteiger partial charge is 0.119 e. The molecule has 1 aromatic carbocycles. The largest absolute Gasteiger partial charge is 0.494 e. The minimum Gasteiger partial charge on any atom is -0.494 e. The summed E-state index contributed by atoms with van der Waals surface area (Å²) in [5.74, 6) is 0.989. The first-order chi connectivity index (χ1) is 14.8. The summed E-state index contributed by atoms with van der Waals surface area (Å²) in [6, 6.07) is 13.1. The maximum atomic E-state index is 5.84. The van der Waals surface area contributed by atoms with Crippen LogP contribution < -0.4 is 4.74 Å². The zero-order valence-corrected chi connectivity index (χ0v) is 19.5. The van der Waals surface area contributed by atoms with Gasteiger partial charge in [0.15, 0.2) is 0 Å². The Hall–Kier alpha value is -1.83. The van der Waals surface area contributed by atoms with Crippen LogP contribution in [0.15, 0.2) is 42.6 Å². The molecule has 0 saturated carbocycles. The lowest BCUT2D eigenvalue weighted by atomic mass is 10.0. The number of nitrogens with zero attached hydrogens (tertiary/aromatic N) is 1. The van der Waals surface area contributed by atoms with Gasteiger partial charge in [-0.25, -0.2) is 0 Å². The van der Waals surface area contributed by atoms with Gasteiger partial charge < -0.3 is 4.74 Å². The Balaban J connectivity index is 1.61. The topological polar surface area (TPSA) is 22.1 Å². The molecule has 2 heteroatoms. The first kappa shape index (κ1) is 24.4. The Labute approximate surface area is 185 Å². The van der Waals surface area contributed by atoms with Crippen LogP contribution in [0, 0.1) is 0 Å². The van der Waals surface area contributed by atoms with Crippen molar-refractivity contribution in [3.8, 4) is 5.75 Å². The number of benzene rings is 1. The third-order valence-corrected chi connectivity index (χ3v) is 5.81. The average Bonchev–Trinajstić information content (AvgIpc) is 2.78. The lowest BCUT2D eigenvalue weighted by Gasteiger charge is -2.07. The monoisotopic (exact) mass is 409 g/mol. The van der Waals surface area contributed by atoms with Crippen molar-refractivity contribution in [2.24, 2.45) is 0 Å². The third-order valence-electron chi connectivity index (χ3n) is 5.81. The van der Waals surface area contributed by atoms with E-state index in [9.17, 15) is 0 Å². The van der Waals surface area contributed by atoms with Crippen molar-refractivity contribution in [3.05, 3.63) is 59.4 Å². The Morgan fingerprint density at radius 1 is 0.600 bits per heavy atom. The van der Waals surface area contributed by atoms with E-state index >= 15 is 0 Å². The number of aryl methyl sites for hydroxylation is 3. The molecule has 0 aliphatic heterocycles. The van der Waals surface area contributed by atoms with Gasteiger partial charge in [-0.2, -0.15) is 0 Å². The maximum Gasteiger partial charge on any atom is 0.119 e. The number of aromatic nitrogens is 1. The van der Waals surface area contributed by atoms with Crippen molar-refractivity contribution in [2.75, 3.05) is 6.61 Å². The molecule has 0 saturated heterocycles. The number of unbranched alkanes of at least 4 members (excludes halogenated alkanes) is 9. The van der Waals surface area contributed by atoms with Gasteiger partial charge >= 0.3 is 0 Å². The molecule has 2 aromatic rings. The summed E-state index contributed by atoms with van der Waals surface area (Å²) in [5, 5.41) is 0. The van der Waals surface area contributed by atoms with E-state index in [4.69, 9.17) is 9.72 Å². The van der Waals surface area contributed by atoms with Crippen LogP contribution >= 0.6 is 0 Å². The molecule has 1 aromatic heterocycles. The van der Waals surface area contributed by atoms with Crippen molar-refractivity contribution in [1.29, 1.82) is 0 Å². The zero-order valence-electron chi connectivity index (χ0n) is 19.5. The summed E-state index contributed by atoms with van der Waals surface area (Å²) >= 11 is 0. The van der Waals surface area contributed by atoms with Crippen molar-refractivity contribution in [3.63, 3.8) is 0 Å². The van der Waals surface area contributed by atoms with Crippen LogP contribution in [0.1, 0.15) is 101 Å². The van der Waals surface area contributed by atoms with Crippen LogP contribution in [-0.2, 0) is 19.3 Å². The second kappa shape index (κ2) is 15.9. The highest BCUT2D eigenvalue weighted by Crippen LogP contribution is 2.15. The highest BCUT2D eigenvalue weighted by molar-refractivity contribution is 5.28. The SMILES string of the molecule is CCCCCCCCCc1ccc(CCc2ccc(OCCCCCC)cc2)nc1. The van der Waals surface area contributed by atoms with Crippen molar-refractivity contribution >= 4 is 0 Å². The molecule has 0 bridgehead atoms. The Morgan fingerprint density at radius 2 is 1.23 bits per heavy atom. The van der Waals surface area contributed by atoms with E-state index in [2.05, 4.69) is 56.4 Å². The highest BCUT2D eigenvalue weighted by Gasteiger charge is 2.01. The number of pyridine rings is 1. The molecule has 0 aliphatic carbocycles. The molecule has 0 atom stereocenters. The van der Waals surface area contributed by atoms with Gasteiger partial charge in [0, 0.05) is 11.9 Å². The predicted octanol–water partition coefficient (Wildman–Crippen LogP) is 8.12. The summed E-state index contributed by atoms with van der Waals surface area (Å²) in [7, 11) is 0. The molecule has 0 amide bonds. The van der Waals surface area contributed by atoms with Crippen molar-refractivity contribution in [1.82, 2.24) is 4.98 Å². The van der Waals surface area contributed by atoms with E-state index < -0.39 is 0 Å². The highest BCUT2D eigenvalue weighted by atomic mass is 16.5. The molecule has 2 rings (SSSR count). The Morgan fingerprint density at radius 3 is 1.90 bits per heavy atom. The fourth-order valence-corrected chi connectivity index (χ4v) is 3.78. The van der Waals surface area contributed by atoms with Crippen LogP contribution in [-0.4, -0.2) is 11.6 Å². The van der Waals surface area contributed by atoms with Gasteiger partial charge in [-0.05, 0) is 61.4 Å². The minimum absolute atomic E-state index is 0.828. The van der Waals surface area contributed by atoms with Crippen LogP contribution in [0.4, 0.5) is 0 Å². The van der Waals surface area contributed by atoms with E-state index in [0.29, 0.717) is 0 Å². The fraction of sp³-hybridized carbons (Fsp3) is 0.607. The molecule has 0 N–H and O–H groups in total. The van der Waals surface area contributed by atoms with Gasteiger partial charge in [0.05, 0.1) is 6.61 Å². The number of ether oxygens (including phenoxy) is 1. The first-order valence-electron chi connectivity index (χ1n) is 12.5. The third kappa shape index (κ3) is 10.8. The zero-order chi connectivity index (χ0) is 21.3. The summed E-state index contributed by atoms with van der Waals surface area (Å²) in [5.41, 5.74) is 3.92. The van der Waals surface area contributed by atoms with Gasteiger partial charge in [-0.15, -0.1) is 0 Å². The van der Waals surface area contributed by atoms with E-state index in [0.717, 1.165) is 31.6 Å². The molecule has 30 heavy (non-hydrogen) atoms. The molecule has 0 unspecified atom stereocenters. The van der Waals surface area contributed by atoms with Gasteiger partial charge in [-0.1, -0.05) is 89.8 Å². The van der Waals surface area contributed by atoms with Crippen molar-refractivity contribution in [2.45, 2.75) is 104 Å². The first-order valence-corrected chi connectivity index (χ1v) is 12.5. The second-order valence-corrected chi connectivity index (χ2v) is 8.58. The van der Waals surface area contributed by atoms with Crippen LogP contribution in [0.3, 0.4) is 0 Å². The molecular formula is C28H43NO. The van der Waals surface area contributed by atoms with Crippen LogP contribution in [0.25, 0.3) is 0 Å². The molecular weight excluding hydrogens is 366 g/mol. The van der Waals surface area contributed by atoms with Crippen LogP contribution in [0.5, 0.6) is 5.75 Å². The fourth-order valence-electron chi connectivity index (χ4n) is 3.78. The number of hydrogen-bond acceptors (Lipinski definition) is 2. The maximum absolute atomic E-state index is 5.84. The van der Waals surface area contributed by atoms with Gasteiger partial charge in [0.25, 0.3) is 0 Å². The summed E-state index contributed by atoms with van der Waals surface area (Å²) in [6.07, 6.45) is 19.8. The second-order valence-electron chi connectivity index (χ2n) is 8.58. The lowest BCUT2D eigenvalue weighted by molar-refractivity contribution is 0.305. The van der Waals surface area contributed by atoms with Gasteiger partial charge in [-0.3, -0.25) is 4.98 Å². The molecule has 166 valence electrons. The average molecular weight is 410 g/mol. The number of hydrogen-bond donors (Lipinski definition) is 0. The minimum atomic E-state index is 0.828. The van der Waals surface area contributed by atoms with E-state index in [1.54, 1.807) is 0 Å². The Bertz CT molecular complexity index is 647. The number of rotatable bonds is 17. The Kier molecular flexibility index (Phi) is 13.0. The summed E-state index contributed by atoms with van der Waals surface area (Å²) in [6.45, 7) is 5.34. The molecule has 0 fully saturated rings. The molecule has 0 spiro atoms. The normalized spacial score (nSPS) is 11.0. The molecule has 1 heterocycles. The van der Waals surface area contributed by atoms with Gasteiger partial charge in [0.1, 0.15) is 5.75 Å². The summed E-state index contributed by atoms with van der Waals surface area (Å²) < 4.78 is 5.84. The standard InChI is InChI=1S/C28H43NO/c1-3-5-7-9-10-11-12-14-26-16-20-27(29-24-26)19-15-25-17-21-28(22-18-25)30-23-13-8-6-4-2/h16-18,20-22,24H,3-15,19,23H2,1-2H3. The van der Waals surface area contributed by atoms with E-state index in [1.165, 1.54) is 87.4 Å². The molecule has 0 aliphatic rings. The van der Waals surface area contributed by atoms with E-state index in [1.807, 2.05) is 0 Å². The van der Waals surface area contributed by atoms with E-state index in [-0.39, 0.29) is 0 Å². The predicted molar refractivity (Wildman–Crippen MR) is 129 cm³/mol. The van der Waals surface area contributed by atoms with Crippen LogP contribution in [0.2, 0.25) is 0 Å². The van der Waals surface area contributed by atoms with Gasteiger partial charge in [0.2, 0.25) is 0 Å². The lowest BCUT2D eigenvalue weighted by Crippen LogP contribution is -1.98. The summed E-state index contributed by atoms with van der Waals surface area (Å²) in [4.78, 5) is 4.69.